The van der Waals surface area contributed by atoms with Crippen LogP contribution in [0.25, 0.3) is 0 Å². The van der Waals surface area contributed by atoms with Gasteiger partial charge in [0.05, 0.1) is 22.5 Å². The summed E-state index contributed by atoms with van der Waals surface area (Å²) in [6.07, 6.45) is 3.52. The van der Waals surface area contributed by atoms with Crippen LogP contribution in [0, 0.1) is 11.7 Å². The van der Waals surface area contributed by atoms with Gasteiger partial charge in [-0.05, 0) is 37.7 Å². The molecule has 0 aliphatic heterocycles. The summed E-state index contributed by atoms with van der Waals surface area (Å²) in [6.45, 7) is 0.748. The van der Waals surface area contributed by atoms with Crippen molar-refractivity contribution in [3.05, 3.63) is 23.0 Å². The molecule has 4 N–H and O–H groups in total. The zero-order valence-corrected chi connectivity index (χ0v) is 10.9. The van der Waals surface area contributed by atoms with Crippen LogP contribution in [0.3, 0.4) is 0 Å². The SMILES string of the molecule is Nc1cc(Cl)c(F)cc1NCC1CCC(O)CC1. The number of hydrogen-bond acceptors (Lipinski definition) is 3. The number of nitrogens with two attached hydrogens (primary N) is 1. The fourth-order valence-corrected chi connectivity index (χ4v) is 2.49. The summed E-state index contributed by atoms with van der Waals surface area (Å²) in [4.78, 5) is 0. The molecule has 1 aromatic carbocycles. The molecule has 1 fully saturated rings. The van der Waals surface area contributed by atoms with Crippen LogP contribution in [-0.4, -0.2) is 17.8 Å². The van der Waals surface area contributed by atoms with Gasteiger partial charge in [0.2, 0.25) is 0 Å². The van der Waals surface area contributed by atoms with E-state index in [1.807, 2.05) is 0 Å². The number of hydrogen-bond donors (Lipinski definition) is 3. The zero-order valence-electron chi connectivity index (χ0n) is 10.1. The first-order valence-electron chi connectivity index (χ1n) is 6.22. The smallest absolute Gasteiger partial charge is 0.143 e. The second kappa shape index (κ2) is 5.76. The molecule has 5 heteroatoms. The molecule has 1 saturated carbocycles. The zero-order chi connectivity index (χ0) is 13.1. The van der Waals surface area contributed by atoms with Crippen LogP contribution in [0.4, 0.5) is 15.8 Å². The molecule has 0 spiro atoms. The number of halogens is 2. The molecule has 0 bridgehead atoms. The minimum atomic E-state index is -0.465. The average Bonchev–Trinajstić information content (AvgIpc) is 2.34. The van der Waals surface area contributed by atoms with Gasteiger partial charge in [0.1, 0.15) is 5.82 Å². The van der Waals surface area contributed by atoms with Crippen LogP contribution in [0.1, 0.15) is 25.7 Å². The monoisotopic (exact) mass is 272 g/mol. The van der Waals surface area contributed by atoms with Crippen LogP contribution >= 0.6 is 11.6 Å². The third-order valence-electron chi connectivity index (χ3n) is 3.49. The van der Waals surface area contributed by atoms with Gasteiger partial charge < -0.3 is 16.2 Å². The lowest BCUT2D eigenvalue weighted by Gasteiger charge is -2.26. The predicted octanol–water partition coefficient (Wildman–Crippen LogP) is 3.02. The number of nitrogen functional groups attached to an aromatic ring is 1. The normalized spacial score (nSPS) is 23.9. The van der Waals surface area contributed by atoms with E-state index in [1.54, 1.807) is 0 Å². The molecule has 1 aromatic rings. The lowest BCUT2D eigenvalue weighted by atomic mass is 9.87. The Morgan fingerprint density at radius 1 is 1.33 bits per heavy atom. The summed E-state index contributed by atoms with van der Waals surface area (Å²) in [5, 5.41) is 12.6. The highest BCUT2D eigenvalue weighted by molar-refractivity contribution is 6.31. The summed E-state index contributed by atoms with van der Waals surface area (Å²) >= 11 is 5.64. The van der Waals surface area contributed by atoms with E-state index in [0.29, 0.717) is 17.3 Å². The molecule has 0 unspecified atom stereocenters. The standard InChI is InChI=1S/C13H18ClFN2O/c14-10-5-12(16)13(6-11(10)15)17-7-8-1-3-9(18)4-2-8/h5-6,8-9,17-18H,1-4,7,16H2. The van der Waals surface area contributed by atoms with E-state index in [-0.39, 0.29) is 11.1 Å². The van der Waals surface area contributed by atoms with Crippen molar-refractivity contribution in [1.82, 2.24) is 0 Å². The first-order chi connectivity index (χ1) is 8.56. The van der Waals surface area contributed by atoms with Gasteiger partial charge in [-0.3, -0.25) is 0 Å². The first-order valence-corrected chi connectivity index (χ1v) is 6.60. The maximum atomic E-state index is 13.3. The first kappa shape index (κ1) is 13.4. The molecule has 3 nitrogen and oxygen atoms in total. The summed E-state index contributed by atoms with van der Waals surface area (Å²) < 4.78 is 13.3. The summed E-state index contributed by atoms with van der Waals surface area (Å²) in [5.41, 5.74) is 6.82. The van der Waals surface area contributed by atoms with Crippen molar-refractivity contribution < 1.29 is 9.50 Å². The molecule has 100 valence electrons. The Kier molecular flexibility index (Phi) is 4.30. The minimum Gasteiger partial charge on any atom is -0.397 e. The predicted molar refractivity (Wildman–Crippen MR) is 72.3 cm³/mol. The summed E-state index contributed by atoms with van der Waals surface area (Å²) in [5.74, 6) is 0.0407. The summed E-state index contributed by atoms with van der Waals surface area (Å²) in [6, 6.07) is 2.75. The Morgan fingerprint density at radius 2 is 2.00 bits per heavy atom. The van der Waals surface area contributed by atoms with Crippen molar-refractivity contribution in [3.63, 3.8) is 0 Å². The number of anilines is 2. The van der Waals surface area contributed by atoms with Crippen molar-refractivity contribution in [2.24, 2.45) is 5.92 Å². The van der Waals surface area contributed by atoms with Crippen molar-refractivity contribution in [1.29, 1.82) is 0 Å². The molecule has 18 heavy (non-hydrogen) atoms. The Labute approximate surface area is 111 Å². The quantitative estimate of drug-likeness (QED) is 0.742. The van der Waals surface area contributed by atoms with E-state index in [4.69, 9.17) is 17.3 Å². The van der Waals surface area contributed by atoms with Crippen LogP contribution in [-0.2, 0) is 0 Å². The number of nitrogens with one attached hydrogen (secondary N) is 1. The van der Waals surface area contributed by atoms with E-state index in [9.17, 15) is 9.50 Å². The van der Waals surface area contributed by atoms with E-state index in [2.05, 4.69) is 5.32 Å². The Hall–Kier alpha value is -1.00. The maximum Gasteiger partial charge on any atom is 0.143 e. The van der Waals surface area contributed by atoms with Gasteiger partial charge in [-0.25, -0.2) is 4.39 Å². The highest BCUT2D eigenvalue weighted by Crippen LogP contribution is 2.28. The lowest BCUT2D eigenvalue weighted by Crippen LogP contribution is -2.23. The van der Waals surface area contributed by atoms with Crippen LogP contribution in [0.15, 0.2) is 12.1 Å². The van der Waals surface area contributed by atoms with E-state index < -0.39 is 5.82 Å². The van der Waals surface area contributed by atoms with Gasteiger partial charge in [0.25, 0.3) is 0 Å². The van der Waals surface area contributed by atoms with Gasteiger partial charge in [0.15, 0.2) is 0 Å². The van der Waals surface area contributed by atoms with Crippen molar-refractivity contribution >= 4 is 23.0 Å². The summed E-state index contributed by atoms with van der Waals surface area (Å²) in [7, 11) is 0. The van der Waals surface area contributed by atoms with Crippen LogP contribution in [0.2, 0.25) is 5.02 Å². The van der Waals surface area contributed by atoms with E-state index >= 15 is 0 Å². The van der Waals surface area contributed by atoms with Crippen molar-refractivity contribution in [2.75, 3.05) is 17.6 Å². The third-order valence-corrected chi connectivity index (χ3v) is 3.78. The molecule has 0 atom stereocenters. The molecule has 0 amide bonds. The number of aliphatic hydroxyl groups excluding tert-OH is 1. The minimum absolute atomic E-state index is 0.0406. The number of benzene rings is 1. The van der Waals surface area contributed by atoms with Gasteiger partial charge in [-0.2, -0.15) is 0 Å². The van der Waals surface area contributed by atoms with Crippen LogP contribution < -0.4 is 11.1 Å². The molecule has 0 heterocycles. The van der Waals surface area contributed by atoms with E-state index in [0.717, 1.165) is 32.2 Å². The third kappa shape index (κ3) is 3.27. The molecular weight excluding hydrogens is 255 g/mol. The lowest BCUT2D eigenvalue weighted by molar-refractivity contribution is 0.111. The Morgan fingerprint density at radius 3 is 2.67 bits per heavy atom. The fraction of sp³-hybridized carbons (Fsp3) is 0.538. The van der Waals surface area contributed by atoms with E-state index in [1.165, 1.54) is 12.1 Å². The topological polar surface area (TPSA) is 58.3 Å². The second-order valence-corrected chi connectivity index (χ2v) is 5.32. The largest absolute Gasteiger partial charge is 0.397 e. The molecule has 0 saturated heterocycles. The van der Waals surface area contributed by atoms with Gasteiger partial charge >= 0.3 is 0 Å². The number of aliphatic hydroxyl groups is 1. The highest BCUT2D eigenvalue weighted by atomic mass is 35.5. The highest BCUT2D eigenvalue weighted by Gasteiger charge is 2.19. The Bertz CT molecular complexity index is 420. The van der Waals surface area contributed by atoms with Gasteiger partial charge in [-0.1, -0.05) is 11.6 Å². The number of rotatable bonds is 3. The Balaban J connectivity index is 1.92. The van der Waals surface area contributed by atoms with Gasteiger partial charge in [0, 0.05) is 12.6 Å². The van der Waals surface area contributed by atoms with Crippen molar-refractivity contribution in [3.8, 4) is 0 Å². The molecule has 0 radical (unpaired) electrons. The van der Waals surface area contributed by atoms with Crippen molar-refractivity contribution in [2.45, 2.75) is 31.8 Å². The van der Waals surface area contributed by atoms with Crippen LogP contribution in [0.5, 0.6) is 0 Å². The molecule has 0 aromatic heterocycles. The second-order valence-electron chi connectivity index (χ2n) is 4.91. The molecule has 1 aliphatic carbocycles. The maximum absolute atomic E-state index is 13.3. The van der Waals surface area contributed by atoms with Gasteiger partial charge in [-0.15, -0.1) is 0 Å². The molecular formula is C13H18ClFN2O. The molecule has 1 aliphatic rings. The fourth-order valence-electron chi connectivity index (χ4n) is 2.32. The molecule has 2 rings (SSSR count). The average molecular weight is 273 g/mol.